The number of benzene rings is 1. The van der Waals surface area contributed by atoms with E-state index in [2.05, 4.69) is 6.58 Å². The molecule has 1 heterocycles. The first-order chi connectivity index (χ1) is 7.50. The average Bonchev–Trinajstić information content (AvgIpc) is 2.62. The monoisotopic (exact) mass is 220 g/mol. The molecule has 0 fully saturated rings. The maximum absolute atomic E-state index is 10.8. The van der Waals surface area contributed by atoms with E-state index in [-0.39, 0.29) is 17.4 Å². The lowest BCUT2D eigenvalue weighted by atomic mass is 10.0. The minimum absolute atomic E-state index is 0.0929. The molecule has 0 unspecified atom stereocenters. The van der Waals surface area contributed by atoms with Gasteiger partial charge in [-0.15, -0.1) is 0 Å². The highest BCUT2D eigenvalue weighted by molar-refractivity contribution is 5.91. The molecule has 0 spiro atoms. The molecule has 2 rings (SSSR count). The van der Waals surface area contributed by atoms with Crippen LogP contribution in [0.5, 0.6) is 11.5 Å². The van der Waals surface area contributed by atoms with Crippen molar-refractivity contribution in [3.05, 3.63) is 35.4 Å². The molecule has 84 valence electrons. The molecule has 4 heteroatoms. The Hall–Kier alpha value is -1.97. The zero-order chi connectivity index (χ0) is 11.9. The molecular formula is C12H12O4. The van der Waals surface area contributed by atoms with Crippen molar-refractivity contribution in [1.82, 2.24) is 0 Å². The number of hydrogen-bond acceptors (Lipinski definition) is 3. The summed E-state index contributed by atoms with van der Waals surface area (Å²) in [5, 5.41) is 18.6. The van der Waals surface area contributed by atoms with Gasteiger partial charge in [-0.3, -0.25) is 0 Å². The molecule has 1 aliphatic heterocycles. The summed E-state index contributed by atoms with van der Waals surface area (Å²) in [7, 11) is 0. The van der Waals surface area contributed by atoms with Crippen LogP contribution in [0, 0.1) is 0 Å². The molecule has 16 heavy (non-hydrogen) atoms. The van der Waals surface area contributed by atoms with Gasteiger partial charge in [-0.25, -0.2) is 4.79 Å². The van der Waals surface area contributed by atoms with Gasteiger partial charge in [0, 0.05) is 12.0 Å². The number of aromatic hydroxyl groups is 1. The SMILES string of the molecule is C=C(C)[C@H]1Cc2c(ccc(C(=O)O)c2O)O1. The van der Waals surface area contributed by atoms with E-state index in [9.17, 15) is 9.90 Å². The van der Waals surface area contributed by atoms with Crippen LogP contribution in [0.2, 0.25) is 0 Å². The third kappa shape index (κ3) is 1.52. The third-order valence-corrected chi connectivity index (χ3v) is 2.68. The lowest BCUT2D eigenvalue weighted by Gasteiger charge is -2.08. The quantitative estimate of drug-likeness (QED) is 0.748. The maximum Gasteiger partial charge on any atom is 0.339 e. The molecule has 1 atom stereocenters. The maximum atomic E-state index is 10.8. The van der Waals surface area contributed by atoms with Gasteiger partial charge in [-0.2, -0.15) is 0 Å². The minimum atomic E-state index is -1.14. The Morgan fingerprint density at radius 1 is 1.56 bits per heavy atom. The van der Waals surface area contributed by atoms with Crippen LogP contribution in [0.4, 0.5) is 0 Å². The Morgan fingerprint density at radius 2 is 2.25 bits per heavy atom. The number of rotatable bonds is 2. The second kappa shape index (κ2) is 3.56. The van der Waals surface area contributed by atoms with E-state index in [0.29, 0.717) is 17.7 Å². The number of carbonyl (C=O) groups is 1. The van der Waals surface area contributed by atoms with E-state index in [1.54, 1.807) is 6.07 Å². The van der Waals surface area contributed by atoms with E-state index in [1.807, 2.05) is 6.92 Å². The van der Waals surface area contributed by atoms with E-state index in [1.165, 1.54) is 6.07 Å². The molecule has 0 aliphatic carbocycles. The highest BCUT2D eigenvalue weighted by atomic mass is 16.5. The fraction of sp³-hybridized carbons (Fsp3) is 0.250. The third-order valence-electron chi connectivity index (χ3n) is 2.68. The molecule has 0 radical (unpaired) electrons. The topological polar surface area (TPSA) is 66.8 Å². The fourth-order valence-corrected chi connectivity index (χ4v) is 1.75. The normalized spacial score (nSPS) is 17.7. The number of carboxylic acid groups (broad SMARTS) is 1. The van der Waals surface area contributed by atoms with E-state index in [4.69, 9.17) is 9.84 Å². The lowest BCUT2D eigenvalue weighted by molar-refractivity contribution is 0.0693. The minimum Gasteiger partial charge on any atom is -0.507 e. The Kier molecular flexibility index (Phi) is 2.34. The van der Waals surface area contributed by atoms with Crippen LogP contribution in [-0.4, -0.2) is 22.3 Å². The van der Waals surface area contributed by atoms with Crippen molar-refractivity contribution in [2.45, 2.75) is 19.4 Å². The van der Waals surface area contributed by atoms with Gasteiger partial charge < -0.3 is 14.9 Å². The van der Waals surface area contributed by atoms with Gasteiger partial charge >= 0.3 is 5.97 Å². The van der Waals surface area contributed by atoms with Crippen LogP contribution in [0.1, 0.15) is 22.8 Å². The first-order valence-electron chi connectivity index (χ1n) is 4.91. The molecular weight excluding hydrogens is 208 g/mol. The summed E-state index contributed by atoms with van der Waals surface area (Å²) in [4.78, 5) is 10.8. The van der Waals surface area contributed by atoms with Crippen molar-refractivity contribution in [2.24, 2.45) is 0 Å². The highest BCUT2D eigenvalue weighted by Crippen LogP contribution is 2.39. The summed E-state index contributed by atoms with van der Waals surface area (Å²) in [6.45, 7) is 5.62. The van der Waals surface area contributed by atoms with Crippen molar-refractivity contribution in [1.29, 1.82) is 0 Å². The summed E-state index contributed by atoms with van der Waals surface area (Å²) in [6.07, 6.45) is 0.294. The van der Waals surface area contributed by atoms with Gasteiger partial charge in [0.05, 0.1) is 0 Å². The molecule has 1 aliphatic rings. The largest absolute Gasteiger partial charge is 0.507 e. The van der Waals surface area contributed by atoms with Gasteiger partial charge in [-0.1, -0.05) is 6.58 Å². The number of hydrogen-bond donors (Lipinski definition) is 2. The number of phenols is 1. The van der Waals surface area contributed by atoms with Gasteiger partial charge in [0.25, 0.3) is 0 Å². The molecule has 0 aromatic heterocycles. The summed E-state index contributed by atoms with van der Waals surface area (Å²) < 4.78 is 5.53. The summed E-state index contributed by atoms with van der Waals surface area (Å²) in [6, 6.07) is 2.92. The number of fused-ring (bicyclic) bond motifs is 1. The molecule has 0 amide bonds. The highest BCUT2D eigenvalue weighted by Gasteiger charge is 2.28. The summed E-state index contributed by atoms with van der Waals surface area (Å²) in [5.41, 5.74) is 1.31. The summed E-state index contributed by atoms with van der Waals surface area (Å²) in [5.74, 6) is -0.802. The second-order valence-corrected chi connectivity index (χ2v) is 3.90. The van der Waals surface area contributed by atoms with Crippen molar-refractivity contribution in [3.63, 3.8) is 0 Å². The zero-order valence-corrected chi connectivity index (χ0v) is 8.86. The van der Waals surface area contributed by atoms with Crippen molar-refractivity contribution >= 4 is 5.97 Å². The number of ether oxygens (including phenoxy) is 1. The Morgan fingerprint density at radius 3 is 2.81 bits per heavy atom. The van der Waals surface area contributed by atoms with Crippen LogP contribution in [0.25, 0.3) is 0 Å². The smallest absolute Gasteiger partial charge is 0.339 e. The standard InChI is InChI=1S/C12H12O4/c1-6(2)10-5-8-9(16-10)4-3-7(11(8)13)12(14)15/h3-4,10,13H,1,5H2,2H3,(H,14,15)/t10-/m1/s1. The first-order valence-corrected chi connectivity index (χ1v) is 4.91. The van der Waals surface area contributed by atoms with Gasteiger partial charge in [-0.05, 0) is 24.6 Å². The lowest BCUT2D eigenvalue weighted by Crippen LogP contribution is -2.13. The molecule has 0 saturated carbocycles. The number of carboxylic acids is 1. The van der Waals surface area contributed by atoms with Crippen molar-refractivity contribution in [3.8, 4) is 11.5 Å². The molecule has 0 bridgehead atoms. The Balaban J connectivity index is 2.44. The van der Waals surface area contributed by atoms with Crippen molar-refractivity contribution in [2.75, 3.05) is 0 Å². The van der Waals surface area contributed by atoms with E-state index in [0.717, 1.165) is 5.57 Å². The van der Waals surface area contributed by atoms with Crippen LogP contribution in [-0.2, 0) is 6.42 Å². The van der Waals surface area contributed by atoms with Crippen LogP contribution < -0.4 is 4.74 Å². The Bertz CT molecular complexity index is 476. The second-order valence-electron chi connectivity index (χ2n) is 3.90. The fourth-order valence-electron chi connectivity index (χ4n) is 1.75. The van der Waals surface area contributed by atoms with Crippen LogP contribution in [0.3, 0.4) is 0 Å². The molecule has 1 aromatic carbocycles. The van der Waals surface area contributed by atoms with Gasteiger partial charge in [0.2, 0.25) is 0 Å². The van der Waals surface area contributed by atoms with Gasteiger partial charge in [0.15, 0.2) is 0 Å². The Labute approximate surface area is 92.8 Å². The van der Waals surface area contributed by atoms with Crippen LogP contribution >= 0.6 is 0 Å². The predicted octanol–water partition coefficient (Wildman–Crippen LogP) is 1.97. The summed E-state index contributed by atoms with van der Waals surface area (Å²) >= 11 is 0. The van der Waals surface area contributed by atoms with E-state index < -0.39 is 5.97 Å². The first kappa shape index (κ1) is 10.5. The van der Waals surface area contributed by atoms with Crippen LogP contribution in [0.15, 0.2) is 24.3 Å². The zero-order valence-electron chi connectivity index (χ0n) is 8.86. The average molecular weight is 220 g/mol. The predicted molar refractivity (Wildman–Crippen MR) is 58.0 cm³/mol. The molecule has 1 aromatic rings. The van der Waals surface area contributed by atoms with E-state index >= 15 is 0 Å². The number of aromatic carboxylic acids is 1. The van der Waals surface area contributed by atoms with Crippen molar-refractivity contribution < 1.29 is 19.7 Å². The molecule has 4 nitrogen and oxygen atoms in total. The molecule has 0 saturated heterocycles. The van der Waals surface area contributed by atoms with Gasteiger partial charge in [0.1, 0.15) is 23.2 Å². The molecule has 2 N–H and O–H groups in total.